The van der Waals surface area contributed by atoms with E-state index in [4.69, 9.17) is 17.3 Å². The number of halogens is 4. The Morgan fingerprint density at radius 1 is 1.32 bits per heavy atom. The van der Waals surface area contributed by atoms with Crippen molar-refractivity contribution in [2.75, 3.05) is 12.3 Å². The van der Waals surface area contributed by atoms with Gasteiger partial charge in [-0.3, -0.25) is 0 Å². The fourth-order valence-electron chi connectivity index (χ4n) is 1.27. The number of nitrogens with one attached hydrogen (secondary N) is 1. The molecular formula is C10H12ClF3N2O2S. The SMILES string of the molecule is Nc1cc(S(=O)(=O)NCCCC(F)(F)F)ccc1Cl. The molecule has 0 unspecified atom stereocenters. The normalized spacial score (nSPS) is 12.6. The highest BCUT2D eigenvalue weighted by molar-refractivity contribution is 7.89. The lowest BCUT2D eigenvalue weighted by Crippen LogP contribution is -2.26. The second-order valence-corrected chi connectivity index (χ2v) is 5.97. The summed E-state index contributed by atoms with van der Waals surface area (Å²) in [5, 5.41) is 0.205. The number of anilines is 1. The average molecular weight is 317 g/mol. The zero-order valence-corrected chi connectivity index (χ0v) is 11.2. The Morgan fingerprint density at radius 2 is 1.95 bits per heavy atom. The van der Waals surface area contributed by atoms with E-state index in [0.29, 0.717) is 0 Å². The molecule has 0 aliphatic heterocycles. The Balaban J connectivity index is 2.63. The smallest absolute Gasteiger partial charge is 0.389 e. The van der Waals surface area contributed by atoms with Gasteiger partial charge in [-0.05, 0) is 24.6 Å². The molecule has 4 nitrogen and oxygen atoms in total. The maximum atomic E-state index is 11.9. The van der Waals surface area contributed by atoms with Crippen molar-refractivity contribution in [3.05, 3.63) is 23.2 Å². The van der Waals surface area contributed by atoms with Crippen molar-refractivity contribution in [1.29, 1.82) is 0 Å². The molecule has 0 radical (unpaired) electrons. The molecule has 0 saturated carbocycles. The minimum Gasteiger partial charge on any atom is -0.397 e. The summed E-state index contributed by atoms with van der Waals surface area (Å²) in [5.41, 5.74) is 5.54. The van der Waals surface area contributed by atoms with Gasteiger partial charge in [0.2, 0.25) is 10.0 Å². The van der Waals surface area contributed by atoms with Gasteiger partial charge in [-0.2, -0.15) is 13.2 Å². The minimum atomic E-state index is -4.30. The lowest BCUT2D eigenvalue weighted by molar-refractivity contribution is -0.135. The van der Waals surface area contributed by atoms with Crippen LogP contribution in [-0.4, -0.2) is 21.1 Å². The first-order chi connectivity index (χ1) is 8.62. The van der Waals surface area contributed by atoms with E-state index in [1.165, 1.54) is 12.1 Å². The van der Waals surface area contributed by atoms with Crippen LogP contribution in [0.4, 0.5) is 18.9 Å². The van der Waals surface area contributed by atoms with Crippen molar-refractivity contribution in [2.24, 2.45) is 0 Å². The molecule has 9 heteroatoms. The third-order valence-electron chi connectivity index (χ3n) is 2.21. The number of nitrogen functional groups attached to an aromatic ring is 1. The van der Waals surface area contributed by atoms with Crippen LogP contribution in [0, 0.1) is 0 Å². The molecule has 19 heavy (non-hydrogen) atoms. The average Bonchev–Trinajstić information content (AvgIpc) is 2.27. The molecule has 0 aromatic heterocycles. The van der Waals surface area contributed by atoms with Crippen LogP contribution in [0.15, 0.2) is 23.1 Å². The largest absolute Gasteiger partial charge is 0.397 e. The summed E-state index contributed by atoms with van der Waals surface area (Å²) >= 11 is 5.64. The van der Waals surface area contributed by atoms with E-state index < -0.39 is 22.6 Å². The van der Waals surface area contributed by atoms with Gasteiger partial charge in [0.15, 0.2) is 0 Å². The van der Waals surface area contributed by atoms with Gasteiger partial charge < -0.3 is 5.73 Å². The lowest BCUT2D eigenvalue weighted by Gasteiger charge is -2.09. The molecule has 0 atom stereocenters. The second kappa shape index (κ2) is 5.98. The molecule has 0 spiro atoms. The van der Waals surface area contributed by atoms with E-state index in [0.717, 1.165) is 6.07 Å². The monoisotopic (exact) mass is 316 g/mol. The summed E-state index contributed by atoms with van der Waals surface area (Å²) < 4.78 is 61.2. The molecule has 0 aliphatic carbocycles. The van der Waals surface area contributed by atoms with Crippen LogP contribution >= 0.6 is 11.6 Å². The summed E-state index contributed by atoms with van der Waals surface area (Å²) in [6.07, 6.45) is -5.67. The molecule has 1 rings (SSSR count). The third-order valence-corrected chi connectivity index (χ3v) is 4.01. The predicted molar refractivity (Wildman–Crippen MR) is 66.3 cm³/mol. The fourth-order valence-corrected chi connectivity index (χ4v) is 2.49. The number of alkyl halides is 3. The van der Waals surface area contributed by atoms with E-state index in [1.807, 2.05) is 0 Å². The van der Waals surface area contributed by atoms with Crippen molar-refractivity contribution in [3.8, 4) is 0 Å². The quantitative estimate of drug-likeness (QED) is 0.647. The molecule has 1 aromatic carbocycles. The number of benzene rings is 1. The first kappa shape index (κ1) is 16.1. The highest BCUT2D eigenvalue weighted by Crippen LogP contribution is 2.23. The molecule has 0 aliphatic rings. The van der Waals surface area contributed by atoms with Gasteiger partial charge in [-0.25, -0.2) is 13.1 Å². The highest BCUT2D eigenvalue weighted by Gasteiger charge is 2.26. The topological polar surface area (TPSA) is 72.2 Å². The molecular weight excluding hydrogens is 305 g/mol. The zero-order chi connectivity index (χ0) is 14.7. The molecule has 0 saturated heterocycles. The van der Waals surface area contributed by atoms with Crippen LogP contribution in [0.3, 0.4) is 0 Å². The Hall–Kier alpha value is -0.990. The predicted octanol–water partition coefficient (Wildman–Crippen LogP) is 2.54. The molecule has 3 N–H and O–H groups in total. The molecule has 108 valence electrons. The summed E-state index contributed by atoms with van der Waals surface area (Å²) in [7, 11) is -3.87. The van der Waals surface area contributed by atoms with E-state index >= 15 is 0 Å². The van der Waals surface area contributed by atoms with Crippen molar-refractivity contribution >= 4 is 27.3 Å². The number of hydrogen-bond acceptors (Lipinski definition) is 3. The van der Waals surface area contributed by atoms with E-state index in [2.05, 4.69) is 4.72 Å². The lowest BCUT2D eigenvalue weighted by atomic mass is 10.3. The first-order valence-corrected chi connectivity index (χ1v) is 7.09. The highest BCUT2D eigenvalue weighted by atomic mass is 35.5. The van der Waals surface area contributed by atoms with E-state index in [1.54, 1.807) is 0 Å². The van der Waals surface area contributed by atoms with Gasteiger partial charge in [-0.15, -0.1) is 0 Å². The first-order valence-electron chi connectivity index (χ1n) is 5.23. The van der Waals surface area contributed by atoms with Crippen molar-refractivity contribution in [1.82, 2.24) is 4.72 Å². The van der Waals surface area contributed by atoms with Crippen LogP contribution in [0.25, 0.3) is 0 Å². The van der Waals surface area contributed by atoms with Crippen LogP contribution in [0.5, 0.6) is 0 Å². The number of hydrogen-bond donors (Lipinski definition) is 2. The number of rotatable bonds is 5. The van der Waals surface area contributed by atoms with E-state index in [-0.39, 0.29) is 28.6 Å². The molecule has 0 fully saturated rings. The Labute approximate surface area is 113 Å². The number of nitrogens with two attached hydrogens (primary N) is 1. The summed E-state index contributed by atoms with van der Waals surface area (Å²) in [5.74, 6) is 0. The van der Waals surface area contributed by atoms with Gasteiger partial charge in [-0.1, -0.05) is 11.6 Å². The Morgan fingerprint density at radius 3 is 2.47 bits per heavy atom. The second-order valence-electron chi connectivity index (χ2n) is 3.80. The van der Waals surface area contributed by atoms with Crippen LogP contribution < -0.4 is 10.5 Å². The Kier molecular flexibility index (Phi) is 5.05. The maximum absolute atomic E-state index is 11.9. The van der Waals surface area contributed by atoms with Crippen LogP contribution in [0.2, 0.25) is 5.02 Å². The van der Waals surface area contributed by atoms with Crippen molar-refractivity contribution in [2.45, 2.75) is 23.9 Å². The summed E-state index contributed by atoms with van der Waals surface area (Å²) in [4.78, 5) is -0.138. The van der Waals surface area contributed by atoms with Crippen LogP contribution in [-0.2, 0) is 10.0 Å². The van der Waals surface area contributed by atoms with E-state index in [9.17, 15) is 21.6 Å². The Bertz CT molecular complexity index is 546. The maximum Gasteiger partial charge on any atom is 0.389 e. The zero-order valence-electron chi connectivity index (χ0n) is 9.67. The number of sulfonamides is 1. The summed E-state index contributed by atoms with van der Waals surface area (Å²) in [6.45, 7) is -0.301. The fraction of sp³-hybridized carbons (Fsp3) is 0.400. The summed E-state index contributed by atoms with van der Waals surface area (Å²) in [6, 6.07) is 3.68. The van der Waals surface area contributed by atoms with Crippen molar-refractivity contribution < 1.29 is 21.6 Å². The van der Waals surface area contributed by atoms with Gasteiger partial charge in [0.05, 0.1) is 15.6 Å². The van der Waals surface area contributed by atoms with Gasteiger partial charge >= 0.3 is 6.18 Å². The van der Waals surface area contributed by atoms with Gasteiger partial charge in [0.1, 0.15) is 0 Å². The third kappa shape index (κ3) is 5.25. The molecule has 1 aromatic rings. The van der Waals surface area contributed by atoms with Crippen molar-refractivity contribution in [3.63, 3.8) is 0 Å². The van der Waals surface area contributed by atoms with Crippen LogP contribution in [0.1, 0.15) is 12.8 Å². The van der Waals surface area contributed by atoms with Gasteiger partial charge in [0, 0.05) is 13.0 Å². The molecule has 0 bridgehead atoms. The molecule has 0 heterocycles. The van der Waals surface area contributed by atoms with Gasteiger partial charge in [0.25, 0.3) is 0 Å². The minimum absolute atomic E-state index is 0.0832. The standard InChI is InChI=1S/C10H12ClF3N2O2S/c11-8-3-2-7(6-9(8)15)19(17,18)16-5-1-4-10(12,13)14/h2-3,6,16H,1,4-5,15H2. The molecule has 0 amide bonds.